The van der Waals surface area contributed by atoms with E-state index in [0.717, 1.165) is 19.3 Å². The molecule has 4 heteroatoms. The zero-order valence-electron chi connectivity index (χ0n) is 12.2. The molecule has 22 heavy (non-hydrogen) atoms. The van der Waals surface area contributed by atoms with Crippen LogP contribution in [0.3, 0.4) is 0 Å². The molecule has 3 rings (SSSR count). The summed E-state index contributed by atoms with van der Waals surface area (Å²) in [6.45, 7) is 1.73. The van der Waals surface area contributed by atoms with Gasteiger partial charge in [0.05, 0.1) is 5.02 Å². The lowest BCUT2D eigenvalue weighted by Crippen LogP contribution is -2.24. The van der Waals surface area contributed by atoms with Gasteiger partial charge >= 0.3 is 0 Å². The van der Waals surface area contributed by atoms with E-state index in [1.54, 1.807) is 25.1 Å². The summed E-state index contributed by atoms with van der Waals surface area (Å²) in [6.07, 6.45) is 2.70. The molecule has 0 saturated carbocycles. The van der Waals surface area contributed by atoms with Gasteiger partial charge in [-0.3, -0.25) is 4.79 Å². The summed E-state index contributed by atoms with van der Waals surface area (Å²) in [5.74, 6) is 0.377. The maximum Gasteiger partial charge on any atom is 0.203 e. The topological polar surface area (TPSA) is 26.3 Å². The molecule has 1 aliphatic rings. The van der Waals surface area contributed by atoms with Crippen molar-refractivity contribution in [2.75, 3.05) is 0 Å². The Labute approximate surface area is 140 Å². The van der Waals surface area contributed by atoms with Crippen molar-refractivity contribution in [3.8, 4) is 5.75 Å². The average Bonchev–Trinajstić information content (AvgIpc) is 2.97. The van der Waals surface area contributed by atoms with Crippen LogP contribution in [0.2, 0.25) is 10.0 Å². The number of aryl methyl sites for hydroxylation is 2. The van der Waals surface area contributed by atoms with E-state index in [2.05, 4.69) is 6.07 Å². The number of rotatable bonds is 4. The highest BCUT2D eigenvalue weighted by atomic mass is 35.5. The van der Waals surface area contributed by atoms with E-state index in [4.69, 9.17) is 27.9 Å². The number of Topliss-reactive ketones (excluding diaryl/α,β-unsaturated/α-hetero) is 1. The lowest BCUT2D eigenvalue weighted by molar-refractivity contribution is 0.0818. The van der Waals surface area contributed by atoms with Crippen LogP contribution in [0.15, 0.2) is 36.4 Å². The number of benzene rings is 2. The number of carbonyl (C=O) groups excluding carboxylic acids is 1. The molecule has 0 aliphatic heterocycles. The highest BCUT2D eigenvalue weighted by Crippen LogP contribution is 2.29. The normalized spacial score (nSPS) is 14.5. The molecule has 0 bridgehead atoms. The largest absolute Gasteiger partial charge is 0.481 e. The molecule has 114 valence electrons. The third-order valence-electron chi connectivity index (χ3n) is 3.95. The van der Waals surface area contributed by atoms with E-state index in [1.807, 2.05) is 12.1 Å². The minimum absolute atomic E-state index is 0.0502. The molecular weight excluding hydrogens is 319 g/mol. The SMILES string of the molecule is C[C@@H](Oc1cc(Cl)ccc1Cl)C(=O)c1ccc2c(c1)CCC2. The Morgan fingerprint density at radius 1 is 1.09 bits per heavy atom. The van der Waals surface area contributed by atoms with E-state index >= 15 is 0 Å². The summed E-state index contributed by atoms with van der Waals surface area (Å²) in [5.41, 5.74) is 3.31. The van der Waals surface area contributed by atoms with E-state index < -0.39 is 6.10 Å². The fourth-order valence-corrected chi connectivity index (χ4v) is 3.10. The number of hydrogen-bond acceptors (Lipinski definition) is 2. The van der Waals surface area contributed by atoms with Crippen LogP contribution < -0.4 is 4.74 Å². The summed E-state index contributed by atoms with van der Waals surface area (Å²) < 4.78 is 5.70. The van der Waals surface area contributed by atoms with Crippen molar-refractivity contribution in [1.29, 1.82) is 0 Å². The van der Waals surface area contributed by atoms with Crippen LogP contribution >= 0.6 is 23.2 Å². The molecule has 0 amide bonds. The molecule has 1 aliphatic carbocycles. The highest BCUT2D eigenvalue weighted by molar-refractivity contribution is 6.34. The van der Waals surface area contributed by atoms with Crippen molar-refractivity contribution in [3.05, 3.63) is 63.1 Å². The van der Waals surface area contributed by atoms with Crippen molar-refractivity contribution in [2.45, 2.75) is 32.3 Å². The maximum atomic E-state index is 12.5. The average molecular weight is 335 g/mol. The van der Waals surface area contributed by atoms with Gasteiger partial charge in [0, 0.05) is 16.7 Å². The molecule has 0 spiro atoms. The summed E-state index contributed by atoms with van der Waals surface area (Å²) in [5, 5.41) is 0.967. The Balaban J connectivity index is 1.78. The molecule has 0 heterocycles. The standard InChI is InChI=1S/C18H16Cl2O2/c1-11(22-17-10-15(19)7-8-16(17)20)18(21)14-6-5-12-3-2-4-13(12)9-14/h5-11H,2-4H2,1H3/t11-/m1/s1. The van der Waals surface area contributed by atoms with Crippen molar-refractivity contribution >= 4 is 29.0 Å². The molecule has 2 nitrogen and oxygen atoms in total. The number of ketones is 1. The van der Waals surface area contributed by atoms with Gasteiger partial charge in [0.15, 0.2) is 6.10 Å². The lowest BCUT2D eigenvalue weighted by Gasteiger charge is -2.15. The molecule has 0 fully saturated rings. The Morgan fingerprint density at radius 3 is 2.68 bits per heavy atom. The first-order chi connectivity index (χ1) is 10.5. The van der Waals surface area contributed by atoms with Crippen molar-refractivity contribution in [3.63, 3.8) is 0 Å². The molecule has 2 aromatic carbocycles. The fourth-order valence-electron chi connectivity index (χ4n) is 2.77. The second-order valence-corrected chi connectivity index (χ2v) is 6.38. The van der Waals surface area contributed by atoms with E-state index in [0.29, 0.717) is 21.4 Å². The fraction of sp³-hybridized carbons (Fsp3) is 0.278. The highest BCUT2D eigenvalue weighted by Gasteiger charge is 2.20. The van der Waals surface area contributed by atoms with E-state index in [1.165, 1.54) is 11.1 Å². The second kappa shape index (κ2) is 6.31. The second-order valence-electron chi connectivity index (χ2n) is 5.54. The predicted octanol–water partition coefficient (Wildman–Crippen LogP) is 5.13. The van der Waals surface area contributed by atoms with Crippen molar-refractivity contribution < 1.29 is 9.53 Å². The molecule has 1 atom stereocenters. The minimum atomic E-state index is -0.615. The molecule has 0 N–H and O–H groups in total. The third-order valence-corrected chi connectivity index (χ3v) is 4.50. The van der Waals surface area contributed by atoms with Gasteiger partial charge in [-0.05, 0) is 55.5 Å². The van der Waals surface area contributed by atoms with Gasteiger partial charge in [-0.1, -0.05) is 35.3 Å². The Hall–Kier alpha value is -1.51. The van der Waals surface area contributed by atoms with E-state index in [9.17, 15) is 4.79 Å². The van der Waals surface area contributed by atoms with Gasteiger partial charge in [-0.25, -0.2) is 0 Å². The maximum absolute atomic E-state index is 12.5. The first kappa shape index (κ1) is 15.4. The molecule has 2 aromatic rings. The van der Waals surface area contributed by atoms with Gasteiger partial charge in [0.25, 0.3) is 0 Å². The Morgan fingerprint density at radius 2 is 1.86 bits per heavy atom. The monoisotopic (exact) mass is 334 g/mol. The van der Waals surface area contributed by atoms with Crippen LogP contribution in [-0.4, -0.2) is 11.9 Å². The van der Waals surface area contributed by atoms with Crippen LogP contribution in [0.5, 0.6) is 5.75 Å². The summed E-state index contributed by atoms with van der Waals surface area (Å²) in [4.78, 5) is 12.5. The van der Waals surface area contributed by atoms with E-state index in [-0.39, 0.29) is 5.78 Å². The minimum Gasteiger partial charge on any atom is -0.481 e. The van der Waals surface area contributed by atoms with Gasteiger partial charge in [-0.2, -0.15) is 0 Å². The number of hydrogen-bond donors (Lipinski definition) is 0. The molecule has 0 radical (unpaired) electrons. The van der Waals surface area contributed by atoms with Crippen molar-refractivity contribution in [1.82, 2.24) is 0 Å². The predicted molar refractivity (Wildman–Crippen MR) is 89.3 cm³/mol. The summed E-state index contributed by atoms with van der Waals surface area (Å²) >= 11 is 12.0. The molecule has 0 saturated heterocycles. The van der Waals surface area contributed by atoms with Crippen LogP contribution in [0, 0.1) is 0 Å². The zero-order valence-corrected chi connectivity index (χ0v) is 13.7. The van der Waals surface area contributed by atoms with Crippen molar-refractivity contribution in [2.24, 2.45) is 0 Å². The van der Waals surface area contributed by atoms with Crippen LogP contribution in [0.1, 0.15) is 34.8 Å². The number of ether oxygens (including phenoxy) is 1. The smallest absolute Gasteiger partial charge is 0.203 e. The van der Waals surface area contributed by atoms with Crippen LogP contribution in [-0.2, 0) is 12.8 Å². The third kappa shape index (κ3) is 3.13. The number of fused-ring (bicyclic) bond motifs is 1. The van der Waals surface area contributed by atoms with Gasteiger partial charge < -0.3 is 4.74 Å². The lowest BCUT2D eigenvalue weighted by atomic mass is 10.0. The van der Waals surface area contributed by atoms with Gasteiger partial charge in [0.1, 0.15) is 5.75 Å². The summed E-state index contributed by atoms with van der Waals surface area (Å²) in [7, 11) is 0. The molecule has 0 unspecified atom stereocenters. The first-order valence-electron chi connectivity index (χ1n) is 7.32. The Kier molecular flexibility index (Phi) is 4.42. The Bertz CT molecular complexity index is 725. The quantitative estimate of drug-likeness (QED) is 0.724. The van der Waals surface area contributed by atoms with Crippen LogP contribution in [0.4, 0.5) is 0 Å². The van der Waals surface area contributed by atoms with Gasteiger partial charge in [-0.15, -0.1) is 0 Å². The zero-order chi connectivity index (χ0) is 15.7. The first-order valence-corrected chi connectivity index (χ1v) is 8.08. The number of halogens is 2. The van der Waals surface area contributed by atoms with Gasteiger partial charge in [0.2, 0.25) is 5.78 Å². The molecule has 0 aromatic heterocycles. The summed E-state index contributed by atoms with van der Waals surface area (Å²) in [6, 6.07) is 10.9. The molecular formula is C18H16Cl2O2. The van der Waals surface area contributed by atoms with Crippen LogP contribution in [0.25, 0.3) is 0 Å². The number of carbonyl (C=O) groups is 1.